The maximum Gasteiger partial charge on any atom is 0.0706 e. The number of rotatable bonds is 2. The van der Waals surface area contributed by atoms with Gasteiger partial charge in [-0.15, -0.1) is 0 Å². The largest absolute Gasteiger partial charge is 0.374 e. The van der Waals surface area contributed by atoms with Crippen LogP contribution in [0.3, 0.4) is 0 Å². The highest BCUT2D eigenvalue weighted by Gasteiger charge is 2.25. The number of nitrogens with zero attached hydrogens (tertiary/aromatic N) is 2. The van der Waals surface area contributed by atoms with Gasteiger partial charge in [0.05, 0.1) is 12.2 Å². The van der Waals surface area contributed by atoms with Crippen molar-refractivity contribution in [3.05, 3.63) is 0 Å². The highest BCUT2D eigenvalue weighted by atomic mass is 16.5. The fourth-order valence-corrected chi connectivity index (χ4v) is 2.34. The Hall–Kier alpha value is -0.120. The fourth-order valence-electron chi connectivity index (χ4n) is 2.34. The number of likely N-dealkylation sites (N-methyl/N-ethyl adjacent to an activating group) is 1. The zero-order valence-electron chi connectivity index (χ0n) is 9.41. The maximum atomic E-state index is 5.84. The van der Waals surface area contributed by atoms with Crippen LogP contribution in [0.2, 0.25) is 0 Å². The molecule has 3 heteroatoms. The number of hydrogen-bond donors (Lipinski definition) is 0. The van der Waals surface area contributed by atoms with Gasteiger partial charge in [0.15, 0.2) is 0 Å². The summed E-state index contributed by atoms with van der Waals surface area (Å²) < 4.78 is 5.84. The minimum absolute atomic E-state index is 0.493. The van der Waals surface area contributed by atoms with Gasteiger partial charge in [-0.25, -0.2) is 0 Å². The van der Waals surface area contributed by atoms with Crippen molar-refractivity contribution in [2.24, 2.45) is 0 Å². The molecule has 3 nitrogen and oxygen atoms in total. The third-order valence-corrected chi connectivity index (χ3v) is 3.38. The van der Waals surface area contributed by atoms with Gasteiger partial charge in [0, 0.05) is 32.7 Å². The highest BCUT2D eigenvalue weighted by Crippen LogP contribution is 2.20. The summed E-state index contributed by atoms with van der Waals surface area (Å²) in [5.74, 6) is 0. The van der Waals surface area contributed by atoms with E-state index in [0.717, 1.165) is 6.54 Å². The van der Waals surface area contributed by atoms with Crippen LogP contribution in [-0.2, 0) is 4.74 Å². The van der Waals surface area contributed by atoms with Crippen molar-refractivity contribution in [1.82, 2.24) is 9.80 Å². The summed E-state index contributed by atoms with van der Waals surface area (Å²) in [6, 6.07) is 0. The molecule has 2 atom stereocenters. The van der Waals surface area contributed by atoms with E-state index in [2.05, 4.69) is 23.8 Å². The Morgan fingerprint density at radius 1 is 1.14 bits per heavy atom. The molecule has 0 amide bonds. The molecule has 0 aromatic rings. The van der Waals surface area contributed by atoms with Crippen LogP contribution in [-0.4, -0.2) is 61.8 Å². The number of hydrogen-bond acceptors (Lipinski definition) is 3. The van der Waals surface area contributed by atoms with E-state index in [4.69, 9.17) is 4.74 Å². The fraction of sp³-hybridized carbons (Fsp3) is 1.00. The third-order valence-electron chi connectivity index (χ3n) is 3.38. The Kier molecular flexibility index (Phi) is 3.42. The van der Waals surface area contributed by atoms with Crippen molar-refractivity contribution in [2.45, 2.75) is 32.0 Å². The topological polar surface area (TPSA) is 15.7 Å². The van der Waals surface area contributed by atoms with Crippen molar-refractivity contribution < 1.29 is 4.74 Å². The predicted molar refractivity (Wildman–Crippen MR) is 57.5 cm³/mol. The SMILES string of the molecule is CC1CCC(CN2CCN(C)CC2)O1. The molecule has 0 aromatic carbocycles. The van der Waals surface area contributed by atoms with E-state index in [-0.39, 0.29) is 0 Å². The van der Waals surface area contributed by atoms with Crippen molar-refractivity contribution in [3.63, 3.8) is 0 Å². The predicted octanol–water partition coefficient (Wildman–Crippen LogP) is 0.801. The van der Waals surface area contributed by atoms with Crippen LogP contribution in [0.5, 0.6) is 0 Å². The molecule has 2 saturated heterocycles. The van der Waals surface area contributed by atoms with Gasteiger partial charge in [-0.3, -0.25) is 4.90 Å². The van der Waals surface area contributed by atoms with Crippen LogP contribution in [0, 0.1) is 0 Å². The molecule has 0 radical (unpaired) electrons. The maximum absolute atomic E-state index is 5.84. The van der Waals surface area contributed by atoms with Crippen LogP contribution in [0.1, 0.15) is 19.8 Å². The van der Waals surface area contributed by atoms with Crippen LogP contribution < -0.4 is 0 Å². The van der Waals surface area contributed by atoms with Crippen LogP contribution in [0.4, 0.5) is 0 Å². The van der Waals surface area contributed by atoms with Crippen molar-refractivity contribution in [2.75, 3.05) is 39.8 Å². The first-order chi connectivity index (χ1) is 6.74. The summed E-state index contributed by atoms with van der Waals surface area (Å²) in [6.45, 7) is 8.18. The van der Waals surface area contributed by atoms with Gasteiger partial charge in [-0.1, -0.05) is 0 Å². The van der Waals surface area contributed by atoms with E-state index in [1.54, 1.807) is 0 Å². The third kappa shape index (κ3) is 2.69. The lowest BCUT2D eigenvalue weighted by atomic mass is 10.2. The smallest absolute Gasteiger partial charge is 0.0706 e. The normalized spacial score (nSPS) is 36.4. The van der Waals surface area contributed by atoms with Crippen LogP contribution in [0.15, 0.2) is 0 Å². The van der Waals surface area contributed by atoms with E-state index >= 15 is 0 Å². The quantitative estimate of drug-likeness (QED) is 0.653. The molecule has 0 aliphatic carbocycles. The number of ether oxygens (including phenoxy) is 1. The molecule has 0 N–H and O–H groups in total. The molecule has 2 aliphatic heterocycles. The van der Waals surface area contributed by atoms with Gasteiger partial charge in [0.25, 0.3) is 0 Å². The Morgan fingerprint density at radius 2 is 1.86 bits per heavy atom. The zero-order valence-corrected chi connectivity index (χ0v) is 9.41. The number of piperazine rings is 1. The van der Waals surface area contributed by atoms with Gasteiger partial charge in [-0.05, 0) is 26.8 Å². The first-order valence-electron chi connectivity index (χ1n) is 5.80. The van der Waals surface area contributed by atoms with Gasteiger partial charge in [0.1, 0.15) is 0 Å². The molecule has 0 aromatic heterocycles. The van der Waals surface area contributed by atoms with Gasteiger partial charge in [0.2, 0.25) is 0 Å². The van der Waals surface area contributed by atoms with E-state index in [1.165, 1.54) is 39.0 Å². The Morgan fingerprint density at radius 3 is 2.43 bits per heavy atom. The van der Waals surface area contributed by atoms with E-state index < -0.39 is 0 Å². The summed E-state index contributed by atoms with van der Waals surface area (Å²) >= 11 is 0. The van der Waals surface area contributed by atoms with Gasteiger partial charge in [-0.2, -0.15) is 0 Å². The summed E-state index contributed by atoms with van der Waals surface area (Å²) in [5.41, 5.74) is 0. The van der Waals surface area contributed by atoms with Gasteiger partial charge < -0.3 is 9.64 Å². The monoisotopic (exact) mass is 198 g/mol. The van der Waals surface area contributed by atoms with Crippen LogP contribution >= 0.6 is 0 Å². The van der Waals surface area contributed by atoms with E-state index in [1.807, 2.05) is 0 Å². The summed E-state index contributed by atoms with van der Waals surface area (Å²) in [5, 5.41) is 0. The molecule has 14 heavy (non-hydrogen) atoms. The lowest BCUT2D eigenvalue weighted by Crippen LogP contribution is -2.46. The Balaban J connectivity index is 1.70. The molecule has 2 fully saturated rings. The molecular weight excluding hydrogens is 176 g/mol. The summed E-state index contributed by atoms with van der Waals surface area (Å²) in [7, 11) is 2.20. The molecule has 2 aliphatic rings. The highest BCUT2D eigenvalue weighted by molar-refractivity contribution is 4.77. The Bertz CT molecular complexity index is 178. The molecule has 2 heterocycles. The summed E-state index contributed by atoms with van der Waals surface area (Å²) in [4.78, 5) is 4.94. The Labute approximate surface area is 87.0 Å². The van der Waals surface area contributed by atoms with E-state index in [0.29, 0.717) is 12.2 Å². The van der Waals surface area contributed by atoms with Crippen molar-refractivity contribution in [3.8, 4) is 0 Å². The van der Waals surface area contributed by atoms with Crippen molar-refractivity contribution >= 4 is 0 Å². The molecule has 2 rings (SSSR count). The first kappa shape index (κ1) is 10.4. The first-order valence-corrected chi connectivity index (χ1v) is 5.80. The second kappa shape index (κ2) is 4.60. The molecule has 0 saturated carbocycles. The molecular formula is C11H22N2O. The molecule has 82 valence electrons. The minimum Gasteiger partial charge on any atom is -0.374 e. The second-order valence-corrected chi connectivity index (χ2v) is 4.75. The van der Waals surface area contributed by atoms with Crippen molar-refractivity contribution in [1.29, 1.82) is 0 Å². The molecule has 0 spiro atoms. The van der Waals surface area contributed by atoms with E-state index in [9.17, 15) is 0 Å². The molecule has 2 unspecified atom stereocenters. The second-order valence-electron chi connectivity index (χ2n) is 4.75. The van der Waals surface area contributed by atoms with Crippen LogP contribution in [0.25, 0.3) is 0 Å². The zero-order chi connectivity index (χ0) is 9.97. The standard InChI is InChI=1S/C11H22N2O/c1-10-3-4-11(14-10)9-13-7-5-12(2)6-8-13/h10-11H,3-9H2,1-2H3. The minimum atomic E-state index is 0.493. The van der Waals surface area contributed by atoms with Gasteiger partial charge >= 0.3 is 0 Å². The lowest BCUT2D eigenvalue weighted by Gasteiger charge is -2.33. The summed E-state index contributed by atoms with van der Waals surface area (Å²) in [6.07, 6.45) is 3.51. The average Bonchev–Trinajstić information content (AvgIpc) is 2.56. The molecule has 0 bridgehead atoms. The average molecular weight is 198 g/mol. The lowest BCUT2D eigenvalue weighted by molar-refractivity contribution is 0.0215.